The first-order valence-electron chi connectivity index (χ1n) is 12.8. The van der Waals surface area contributed by atoms with Crippen molar-refractivity contribution in [1.29, 1.82) is 5.26 Å². The van der Waals surface area contributed by atoms with Crippen LogP contribution >= 0.6 is 0 Å². The van der Waals surface area contributed by atoms with Crippen LogP contribution in [0.2, 0.25) is 0 Å². The highest BCUT2D eigenvalue weighted by atomic mass is 19.1. The molecule has 34 heavy (non-hydrogen) atoms. The van der Waals surface area contributed by atoms with E-state index in [-0.39, 0.29) is 11.3 Å². The zero-order valence-corrected chi connectivity index (χ0v) is 20.2. The van der Waals surface area contributed by atoms with Crippen molar-refractivity contribution >= 4 is 5.97 Å². The van der Waals surface area contributed by atoms with Gasteiger partial charge in [-0.25, -0.2) is 9.18 Å². The van der Waals surface area contributed by atoms with E-state index >= 15 is 0 Å². The van der Waals surface area contributed by atoms with Crippen molar-refractivity contribution in [3.05, 3.63) is 59.4 Å². The Morgan fingerprint density at radius 3 is 2.29 bits per heavy atom. The molecule has 0 spiro atoms. The number of rotatable bonds is 12. The lowest BCUT2D eigenvalue weighted by Gasteiger charge is -2.31. The lowest BCUT2D eigenvalue weighted by Crippen LogP contribution is -2.20. The molecule has 1 saturated carbocycles. The quantitative estimate of drug-likeness (QED) is 0.182. The lowest BCUT2D eigenvalue weighted by molar-refractivity contribution is 0.0734. The molecule has 0 heterocycles. The third-order valence-corrected chi connectivity index (χ3v) is 6.84. The van der Waals surface area contributed by atoms with Crippen LogP contribution in [0.15, 0.2) is 42.5 Å². The Hall–Kier alpha value is -2.87. The van der Waals surface area contributed by atoms with Gasteiger partial charge in [0.25, 0.3) is 0 Å². The summed E-state index contributed by atoms with van der Waals surface area (Å²) in [6.45, 7) is 2.94. The zero-order valence-electron chi connectivity index (χ0n) is 20.2. The van der Waals surface area contributed by atoms with Crippen molar-refractivity contribution in [3.63, 3.8) is 0 Å². The summed E-state index contributed by atoms with van der Waals surface area (Å²) in [4.78, 5) is 12.3. The highest BCUT2D eigenvalue weighted by Crippen LogP contribution is 2.36. The van der Waals surface area contributed by atoms with E-state index in [9.17, 15) is 9.18 Å². The summed E-state index contributed by atoms with van der Waals surface area (Å²) in [6, 6.07) is 12.3. The summed E-state index contributed by atoms with van der Waals surface area (Å²) in [5.41, 5.74) is 0.262. The molecular weight excluding hydrogens is 429 g/mol. The van der Waals surface area contributed by atoms with Gasteiger partial charge in [-0.15, -0.1) is 0 Å². The summed E-state index contributed by atoms with van der Waals surface area (Å²) in [5.74, 6) is 1.21. The second kappa shape index (κ2) is 13.7. The normalized spacial score (nSPS) is 17.7. The molecule has 0 aliphatic heterocycles. The van der Waals surface area contributed by atoms with Crippen LogP contribution in [-0.2, 0) is 0 Å². The summed E-state index contributed by atoms with van der Waals surface area (Å²) < 4.78 is 24.8. The number of hydrogen-bond acceptors (Lipinski definition) is 4. The number of benzene rings is 2. The summed E-state index contributed by atoms with van der Waals surface area (Å²) >= 11 is 0. The Bertz CT molecular complexity index is 951. The maximum atomic E-state index is 13.7. The maximum absolute atomic E-state index is 13.7. The molecule has 2 aromatic carbocycles. The van der Waals surface area contributed by atoms with Gasteiger partial charge in [0.2, 0.25) is 0 Å². The fraction of sp³-hybridized carbons (Fsp3) is 0.517. The SMILES string of the molecule is CCCCCCC1CCCCC1CCCOc1ccc(C(=O)Oc2ccc(C#N)c(F)c2)cc1. The van der Waals surface area contributed by atoms with E-state index < -0.39 is 11.8 Å². The Kier molecular flexibility index (Phi) is 10.4. The molecule has 3 rings (SSSR count). The van der Waals surface area contributed by atoms with Crippen molar-refractivity contribution in [2.75, 3.05) is 6.61 Å². The number of nitriles is 1. The van der Waals surface area contributed by atoms with Crippen LogP contribution in [0.5, 0.6) is 11.5 Å². The molecule has 0 radical (unpaired) electrons. The van der Waals surface area contributed by atoms with Crippen LogP contribution in [0, 0.1) is 29.0 Å². The lowest BCUT2D eigenvalue weighted by atomic mass is 9.74. The molecule has 2 unspecified atom stereocenters. The highest BCUT2D eigenvalue weighted by Gasteiger charge is 2.24. The number of carbonyl (C=O) groups is 1. The number of nitrogens with zero attached hydrogens (tertiary/aromatic N) is 1. The fourth-order valence-electron chi connectivity index (χ4n) is 4.92. The third-order valence-electron chi connectivity index (χ3n) is 6.84. The van der Waals surface area contributed by atoms with Gasteiger partial charge in [-0.2, -0.15) is 5.26 Å². The number of unbranched alkanes of at least 4 members (excludes halogenated alkanes) is 3. The topological polar surface area (TPSA) is 59.3 Å². The molecule has 0 bridgehead atoms. The Balaban J connectivity index is 1.41. The molecule has 2 atom stereocenters. The average molecular weight is 466 g/mol. The third kappa shape index (κ3) is 7.87. The number of hydrogen-bond donors (Lipinski definition) is 0. The summed E-state index contributed by atoms with van der Waals surface area (Å²) in [5, 5.41) is 8.79. The minimum absolute atomic E-state index is 0.0632. The van der Waals surface area contributed by atoms with Gasteiger partial charge in [-0.3, -0.25) is 0 Å². The average Bonchev–Trinajstić information content (AvgIpc) is 2.85. The van der Waals surface area contributed by atoms with Crippen LogP contribution in [0.3, 0.4) is 0 Å². The molecule has 182 valence electrons. The predicted molar refractivity (Wildman–Crippen MR) is 131 cm³/mol. The zero-order chi connectivity index (χ0) is 24.2. The van der Waals surface area contributed by atoms with Crippen molar-refractivity contribution in [3.8, 4) is 17.6 Å². The summed E-state index contributed by atoms with van der Waals surface area (Å²) in [6.07, 6.45) is 14.6. The summed E-state index contributed by atoms with van der Waals surface area (Å²) in [7, 11) is 0. The van der Waals surface area contributed by atoms with Gasteiger partial charge in [0, 0.05) is 6.07 Å². The monoisotopic (exact) mass is 465 g/mol. The first kappa shape index (κ1) is 25.7. The molecule has 5 heteroatoms. The van der Waals surface area contributed by atoms with E-state index in [1.807, 2.05) is 0 Å². The predicted octanol–water partition coefficient (Wildman–Crippen LogP) is 7.85. The van der Waals surface area contributed by atoms with Gasteiger partial charge in [0.15, 0.2) is 0 Å². The smallest absolute Gasteiger partial charge is 0.343 e. The molecule has 1 aliphatic carbocycles. The molecule has 1 aliphatic rings. The van der Waals surface area contributed by atoms with Gasteiger partial charge in [0.1, 0.15) is 23.4 Å². The van der Waals surface area contributed by atoms with E-state index in [4.69, 9.17) is 14.7 Å². The van der Waals surface area contributed by atoms with Gasteiger partial charge in [0.05, 0.1) is 17.7 Å². The van der Waals surface area contributed by atoms with Crippen LogP contribution in [0.25, 0.3) is 0 Å². The fourth-order valence-corrected chi connectivity index (χ4v) is 4.92. The molecule has 0 amide bonds. The molecule has 0 N–H and O–H groups in total. The van der Waals surface area contributed by atoms with E-state index in [2.05, 4.69) is 6.92 Å². The van der Waals surface area contributed by atoms with Gasteiger partial charge < -0.3 is 9.47 Å². The number of carbonyl (C=O) groups excluding carboxylic acids is 1. The van der Waals surface area contributed by atoms with Crippen LogP contribution < -0.4 is 9.47 Å². The van der Waals surface area contributed by atoms with Crippen molar-refractivity contribution < 1.29 is 18.7 Å². The maximum Gasteiger partial charge on any atom is 0.343 e. The van der Waals surface area contributed by atoms with Gasteiger partial charge in [-0.1, -0.05) is 64.7 Å². The molecule has 4 nitrogen and oxygen atoms in total. The Labute approximate surface area is 203 Å². The van der Waals surface area contributed by atoms with Gasteiger partial charge in [-0.05, 0) is 61.1 Å². The van der Waals surface area contributed by atoms with Crippen LogP contribution in [-0.4, -0.2) is 12.6 Å². The second-order valence-electron chi connectivity index (χ2n) is 9.31. The Morgan fingerprint density at radius 2 is 1.65 bits per heavy atom. The number of ether oxygens (including phenoxy) is 2. The van der Waals surface area contributed by atoms with Crippen LogP contribution in [0.4, 0.5) is 4.39 Å². The Morgan fingerprint density at radius 1 is 0.971 bits per heavy atom. The molecule has 0 aromatic heterocycles. The highest BCUT2D eigenvalue weighted by molar-refractivity contribution is 5.91. The minimum Gasteiger partial charge on any atom is -0.494 e. The standard InChI is InChI=1S/C29H36FNO3/c1-2-3-4-5-9-22-10-6-7-11-23(22)12-8-19-33-26-16-13-24(14-17-26)29(32)34-27-18-15-25(21-31)28(30)20-27/h13-18,20,22-23H,2-12,19H2,1H3. The van der Waals surface area contributed by atoms with Crippen molar-refractivity contribution in [1.82, 2.24) is 0 Å². The van der Waals surface area contributed by atoms with E-state index in [1.54, 1.807) is 30.3 Å². The van der Waals surface area contributed by atoms with E-state index in [0.29, 0.717) is 12.2 Å². The molecule has 1 fully saturated rings. The number of halogens is 1. The van der Waals surface area contributed by atoms with Crippen molar-refractivity contribution in [2.45, 2.75) is 77.6 Å². The molecule has 2 aromatic rings. The second-order valence-corrected chi connectivity index (χ2v) is 9.31. The largest absolute Gasteiger partial charge is 0.494 e. The number of esters is 1. The molecule has 0 saturated heterocycles. The first-order valence-corrected chi connectivity index (χ1v) is 12.8. The van der Waals surface area contributed by atoms with E-state index in [0.717, 1.165) is 30.1 Å². The van der Waals surface area contributed by atoms with Gasteiger partial charge >= 0.3 is 5.97 Å². The first-order chi connectivity index (χ1) is 16.6. The minimum atomic E-state index is -0.715. The van der Waals surface area contributed by atoms with Crippen molar-refractivity contribution in [2.24, 2.45) is 11.8 Å². The molecular formula is C29H36FNO3. The van der Waals surface area contributed by atoms with Crippen LogP contribution in [0.1, 0.15) is 93.5 Å². The van der Waals surface area contributed by atoms with E-state index in [1.165, 1.54) is 76.3 Å².